The van der Waals surface area contributed by atoms with Gasteiger partial charge in [0.2, 0.25) is 0 Å². The highest BCUT2D eigenvalue weighted by Gasteiger charge is 2.45. The molecule has 0 aliphatic heterocycles. The van der Waals surface area contributed by atoms with Crippen molar-refractivity contribution in [3.05, 3.63) is 22.4 Å². The summed E-state index contributed by atoms with van der Waals surface area (Å²) in [5.41, 5.74) is 0.598. The van der Waals surface area contributed by atoms with E-state index in [1.807, 2.05) is 11.3 Å². The fourth-order valence-corrected chi connectivity index (χ4v) is 3.03. The van der Waals surface area contributed by atoms with Gasteiger partial charge in [0, 0.05) is 10.9 Å². The van der Waals surface area contributed by atoms with Crippen molar-refractivity contribution in [1.82, 2.24) is 5.32 Å². The predicted molar refractivity (Wildman–Crippen MR) is 67.2 cm³/mol. The Morgan fingerprint density at radius 3 is 2.80 bits per heavy atom. The van der Waals surface area contributed by atoms with Crippen LogP contribution in [0.1, 0.15) is 44.5 Å². The van der Waals surface area contributed by atoms with Crippen molar-refractivity contribution < 1.29 is 0 Å². The van der Waals surface area contributed by atoms with E-state index in [2.05, 4.69) is 43.6 Å². The second-order valence-electron chi connectivity index (χ2n) is 5.27. The van der Waals surface area contributed by atoms with Crippen LogP contribution in [0.5, 0.6) is 0 Å². The summed E-state index contributed by atoms with van der Waals surface area (Å²) in [4.78, 5) is 1.48. The normalized spacial score (nSPS) is 25.1. The molecule has 1 nitrogen and oxygen atoms in total. The van der Waals surface area contributed by atoms with E-state index < -0.39 is 0 Å². The molecule has 84 valence electrons. The van der Waals surface area contributed by atoms with Crippen molar-refractivity contribution in [2.45, 2.75) is 39.7 Å². The number of nitrogens with one attached hydrogen (secondary N) is 1. The highest BCUT2D eigenvalue weighted by molar-refractivity contribution is 7.10. The van der Waals surface area contributed by atoms with E-state index in [1.165, 1.54) is 24.3 Å². The molecule has 1 aromatic rings. The van der Waals surface area contributed by atoms with Crippen LogP contribution in [0, 0.1) is 11.3 Å². The smallest absolute Gasteiger partial charge is 0.0412 e. The van der Waals surface area contributed by atoms with Crippen LogP contribution in [0.15, 0.2) is 17.5 Å². The highest BCUT2D eigenvalue weighted by Crippen LogP contribution is 2.51. The van der Waals surface area contributed by atoms with Gasteiger partial charge in [0.1, 0.15) is 0 Å². The standard InChI is InChI=1S/C13H21NS/c1-4-11(12-6-5-7-15-12)14-9-10-8-13(10,2)3/h5-7,10-11,14H,4,8-9H2,1-3H3. The van der Waals surface area contributed by atoms with Crippen LogP contribution in [0.2, 0.25) is 0 Å². The van der Waals surface area contributed by atoms with Crippen molar-refractivity contribution in [2.24, 2.45) is 11.3 Å². The van der Waals surface area contributed by atoms with E-state index in [9.17, 15) is 0 Å². The molecule has 2 rings (SSSR count). The van der Waals surface area contributed by atoms with E-state index in [0.717, 1.165) is 5.92 Å². The summed E-state index contributed by atoms with van der Waals surface area (Å²) in [5, 5.41) is 5.87. The van der Waals surface area contributed by atoms with Gasteiger partial charge in [0.25, 0.3) is 0 Å². The van der Waals surface area contributed by atoms with E-state index in [0.29, 0.717) is 11.5 Å². The summed E-state index contributed by atoms with van der Waals surface area (Å²) in [7, 11) is 0. The lowest BCUT2D eigenvalue weighted by atomic mass is 10.1. The minimum atomic E-state index is 0.571. The zero-order chi connectivity index (χ0) is 10.9. The number of rotatable bonds is 5. The maximum Gasteiger partial charge on any atom is 0.0412 e. The van der Waals surface area contributed by atoms with Crippen molar-refractivity contribution in [1.29, 1.82) is 0 Å². The fourth-order valence-electron chi connectivity index (χ4n) is 2.14. The second kappa shape index (κ2) is 4.26. The van der Waals surface area contributed by atoms with Gasteiger partial charge in [-0.3, -0.25) is 0 Å². The monoisotopic (exact) mass is 223 g/mol. The maximum absolute atomic E-state index is 3.70. The molecule has 1 saturated carbocycles. The Morgan fingerprint density at radius 1 is 1.60 bits per heavy atom. The molecule has 2 unspecified atom stereocenters. The molecular weight excluding hydrogens is 202 g/mol. The SMILES string of the molecule is CCC(NCC1CC1(C)C)c1cccs1. The molecule has 0 amide bonds. The molecule has 2 atom stereocenters. The molecule has 2 heteroatoms. The number of hydrogen-bond donors (Lipinski definition) is 1. The van der Waals surface area contributed by atoms with Gasteiger partial charge < -0.3 is 5.32 Å². The predicted octanol–water partition coefficient (Wildman–Crippen LogP) is 3.83. The van der Waals surface area contributed by atoms with Gasteiger partial charge in [0.15, 0.2) is 0 Å². The molecule has 1 heterocycles. The van der Waals surface area contributed by atoms with Gasteiger partial charge in [-0.05, 0) is 42.2 Å². The molecule has 1 aromatic heterocycles. The fraction of sp³-hybridized carbons (Fsp3) is 0.692. The van der Waals surface area contributed by atoms with Crippen LogP contribution in [0.4, 0.5) is 0 Å². The third-order valence-corrected chi connectivity index (χ3v) is 4.61. The maximum atomic E-state index is 3.70. The minimum absolute atomic E-state index is 0.571. The van der Waals surface area contributed by atoms with Crippen LogP contribution in [0.3, 0.4) is 0 Å². The largest absolute Gasteiger partial charge is 0.309 e. The van der Waals surface area contributed by atoms with Gasteiger partial charge in [-0.1, -0.05) is 26.8 Å². The molecule has 1 aliphatic rings. The third kappa shape index (κ3) is 2.61. The molecule has 0 spiro atoms. The van der Waals surface area contributed by atoms with Crippen LogP contribution in [0.25, 0.3) is 0 Å². The van der Waals surface area contributed by atoms with Crippen LogP contribution in [-0.2, 0) is 0 Å². The van der Waals surface area contributed by atoms with E-state index in [4.69, 9.17) is 0 Å². The Hall–Kier alpha value is -0.340. The van der Waals surface area contributed by atoms with Gasteiger partial charge in [-0.15, -0.1) is 11.3 Å². The number of hydrogen-bond acceptors (Lipinski definition) is 2. The lowest BCUT2D eigenvalue weighted by Crippen LogP contribution is -2.23. The Balaban J connectivity index is 1.82. The zero-order valence-electron chi connectivity index (χ0n) is 9.92. The first kappa shape index (κ1) is 11.2. The Kier molecular flexibility index (Phi) is 3.17. The van der Waals surface area contributed by atoms with Gasteiger partial charge >= 0.3 is 0 Å². The van der Waals surface area contributed by atoms with Gasteiger partial charge in [-0.25, -0.2) is 0 Å². The summed E-state index contributed by atoms with van der Waals surface area (Å²) in [6.45, 7) is 8.18. The molecule has 1 aliphatic carbocycles. The summed E-state index contributed by atoms with van der Waals surface area (Å²) in [6, 6.07) is 4.95. The molecule has 0 aromatic carbocycles. The zero-order valence-corrected chi connectivity index (χ0v) is 10.7. The summed E-state index contributed by atoms with van der Waals surface area (Å²) >= 11 is 1.87. The average Bonchev–Trinajstić information content (AvgIpc) is 2.68. The van der Waals surface area contributed by atoms with E-state index in [1.54, 1.807) is 0 Å². The molecular formula is C13H21NS. The Bertz CT molecular complexity index is 302. The molecule has 0 saturated heterocycles. The van der Waals surface area contributed by atoms with E-state index in [-0.39, 0.29) is 0 Å². The van der Waals surface area contributed by atoms with Crippen LogP contribution in [-0.4, -0.2) is 6.54 Å². The molecule has 0 radical (unpaired) electrons. The van der Waals surface area contributed by atoms with Crippen molar-refractivity contribution >= 4 is 11.3 Å². The topological polar surface area (TPSA) is 12.0 Å². The molecule has 15 heavy (non-hydrogen) atoms. The molecule has 0 bridgehead atoms. The Morgan fingerprint density at radius 2 is 2.33 bits per heavy atom. The second-order valence-corrected chi connectivity index (χ2v) is 6.25. The summed E-state index contributed by atoms with van der Waals surface area (Å²) in [6.07, 6.45) is 2.58. The van der Waals surface area contributed by atoms with Crippen molar-refractivity contribution in [2.75, 3.05) is 6.54 Å². The van der Waals surface area contributed by atoms with Crippen LogP contribution >= 0.6 is 11.3 Å². The lowest BCUT2D eigenvalue weighted by Gasteiger charge is -2.15. The average molecular weight is 223 g/mol. The highest BCUT2D eigenvalue weighted by atomic mass is 32.1. The van der Waals surface area contributed by atoms with Gasteiger partial charge in [-0.2, -0.15) is 0 Å². The first-order valence-electron chi connectivity index (χ1n) is 5.90. The third-order valence-electron chi connectivity index (χ3n) is 3.62. The number of thiophene rings is 1. The first-order valence-corrected chi connectivity index (χ1v) is 6.78. The van der Waals surface area contributed by atoms with Crippen molar-refractivity contribution in [3.8, 4) is 0 Å². The lowest BCUT2D eigenvalue weighted by molar-refractivity contribution is 0.464. The minimum Gasteiger partial charge on any atom is -0.309 e. The quantitative estimate of drug-likeness (QED) is 0.800. The van der Waals surface area contributed by atoms with Crippen molar-refractivity contribution in [3.63, 3.8) is 0 Å². The summed E-state index contributed by atoms with van der Waals surface area (Å²) < 4.78 is 0. The summed E-state index contributed by atoms with van der Waals surface area (Å²) in [5.74, 6) is 0.895. The molecule has 1 N–H and O–H groups in total. The van der Waals surface area contributed by atoms with Crippen LogP contribution < -0.4 is 5.32 Å². The Labute approximate surface area is 96.9 Å². The van der Waals surface area contributed by atoms with E-state index >= 15 is 0 Å². The first-order chi connectivity index (χ1) is 7.13. The molecule has 1 fully saturated rings. The van der Waals surface area contributed by atoms with Gasteiger partial charge in [0.05, 0.1) is 0 Å².